The van der Waals surface area contributed by atoms with Crippen molar-refractivity contribution in [2.45, 2.75) is 51.9 Å². The van der Waals surface area contributed by atoms with Crippen LogP contribution in [0.25, 0.3) is 0 Å². The molecule has 0 spiro atoms. The van der Waals surface area contributed by atoms with E-state index in [-0.39, 0.29) is 0 Å². The summed E-state index contributed by atoms with van der Waals surface area (Å²) >= 11 is 0. The molecule has 0 aliphatic heterocycles. The SMILES string of the molecule is C=CC(CCCCCCCC)=NC. The van der Waals surface area contributed by atoms with Crippen molar-refractivity contribution in [2.75, 3.05) is 7.05 Å². The van der Waals surface area contributed by atoms with Crippen molar-refractivity contribution in [3.63, 3.8) is 0 Å². The van der Waals surface area contributed by atoms with Crippen LogP contribution in [0, 0.1) is 0 Å². The first-order chi connectivity index (χ1) is 6.35. The van der Waals surface area contributed by atoms with Crippen LogP contribution in [0.15, 0.2) is 17.6 Å². The Balaban J connectivity index is 3.20. The molecule has 0 aliphatic rings. The van der Waals surface area contributed by atoms with Crippen LogP contribution in [0.3, 0.4) is 0 Å². The van der Waals surface area contributed by atoms with E-state index in [9.17, 15) is 0 Å². The molecule has 1 heteroatoms. The van der Waals surface area contributed by atoms with E-state index in [4.69, 9.17) is 0 Å². The maximum absolute atomic E-state index is 4.14. The second-order valence-corrected chi connectivity index (χ2v) is 3.44. The minimum atomic E-state index is 1.10. The minimum Gasteiger partial charge on any atom is -0.293 e. The molecule has 0 saturated heterocycles. The smallest absolute Gasteiger partial charge is 0.0338 e. The number of aliphatic imine (C=N–C) groups is 1. The molecule has 0 aromatic heterocycles. The van der Waals surface area contributed by atoms with Gasteiger partial charge < -0.3 is 0 Å². The molecule has 76 valence electrons. The molecule has 13 heavy (non-hydrogen) atoms. The third kappa shape index (κ3) is 7.76. The van der Waals surface area contributed by atoms with Crippen molar-refractivity contribution in [1.29, 1.82) is 0 Å². The van der Waals surface area contributed by atoms with E-state index in [2.05, 4.69) is 18.5 Å². The third-order valence-electron chi connectivity index (χ3n) is 2.31. The van der Waals surface area contributed by atoms with E-state index in [0.29, 0.717) is 0 Å². The van der Waals surface area contributed by atoms with E-state index < -0.39 is 0 Å². The highest BCUT2D eigenvalue weighted by molar-refractivity contribution is 5.94. The quantitative estimate of drug-likeness (QED) is 0.396. The summed E-state index contributed by atoms with van der Waals surface area (Å²) in [6.45, 7) is 5.98. The van der Waals surface area contributed by atoms with E-state index in [1.165, 1.54) is 38.5 Å². The van der Waals surface area contributed by atoms with Crippen molar-refractivity contribution in [3.8, 4) is 0 Å². The highest BCUT2D eigenvalue weighted by Gasteiger charge is 1.93. The molecule has 0 radical (unpaired) electrons. The summed E-state index contributed by atoms with van der Waals surface area (Å²) in [4.78, 5) is 4.14. The molecule has 0 unspecified atom stereocenters. The lowest BCUT2D eigenvalue weighted by molar-refractivity contribution is 0.615. The molecule has 0 heterocycles. The lowest BCUT2D eigenvalue weighted by Gasteiger charge is -2.00. The van der Waals surface area contributed by atoms with Gasteiger partial charge in [-0.05, 0) is 18.9 Å². The van der Waals surface area contributed by atoms with Gasteiger partial charge in [0.15, 0.2) is 0 Å². The largest absolute Gasteiger partial charge is 0.293 e. The Morgan fingerprint density at radius 3 is 2.31 bits per heavy atom. The number of nitrogens with zero attached hydrogens (tertiary/aromatic N) is 1. The Morgan fingerprint density at radius 2 is 1.77 bits per heavy atom. The van der Waals surface area contributed by atoms with Crippen molar-refractivity contribution in [1.82, 2.24) is 0 Å². The maximum Gasteiger partial charge on any atom is 0.0338 e. The van der Waals surface area contributed by atoms with Crippen LogP contribution in [0.2, 0.25) is 0 Å². The summed E-state index contributed by atoms with van der Waals surface area (Å²) in [6, 6.07) is 0. The zero-order valence-corrected chi connectivity index (χ0v) is 9.18. The van der Waals surface area contributed by atoms with E-state index in [1.807, 2.05) is 13.1 Å². The van der Waals surface area contributed by atoms with Crippen LogP contribution in [0.4, 0.5) is 0 Å². The number of unbranched alkanes of at least 4 members (excludes halogenated alkanes) is 5. The van der Waals surface area contributed by atoms with Gasteiger partial charge in [-0.3, -0.25) is 4.99 Å². The molecule has 1 nitrogen and oxygen atoms in total. The van der Waals surface area contributed by atoms with Gasteiger partial charge in [0.25, 0.3) is 0 Å². The van der Waals surface area contributed by atoms with Crippen LogP contribution in [0.5, 0.6) is 0 Å². The Bertz CT molecular complexity index is 147. The Hall–Kier alpha value is -0.590. The average Bonchev–Trinajstić information content (AvgIpc) is 2.17. The number of hydrogen-bond acceptors (Lipinski definition) is 1. The van der Waals surface area contributed by atoms with Crippen LogP contribution in [-0.4, -0.2) is 12.8 Å². The fourth-order valence-corrected chi connectivity index (χ4v) is 1.39. The Morgan fingerprint density at radius 1 is 1.15 bits per heavy atom. The van der Waals surface area contributed by atoms with Crippen LogP contribution in [-0.2, 0) is 0 Å². The van der Waals surface area contributed by atoms with E-state index >= 15 is 0 Å². The summed E-state index contributed by atoms with van der Waals surface area (Å²) in [5.41, 5.74) is 1.15. The molecule has 0 amide bonds. The van der Waals surface area contributed by atoms with Crippen LogP contribution in [0.1, 0.15) is 51.9 Å². The highest BCUT2D eigenvalue weighted by Crippen LogP contribution is 2.07. The monoisotopic (exact) mass is 181 g/mol. The molecular formula is C12H23N. The zero-order chi connectivity index (χ0) is 9.94. The minimum absolute atomic E-state index is 1.10. The molecule has 0 aliphatic carbocycles. The first-order valence-electron chi connectivity index (χ1n) is 5.43. The molecule has 0 N–H and O–H groups in total. The van der Waals surface area contributed by atoms with Gasteiger partial charge in [-0.2, -0.15) is 0 Å². The molecular weight excluding hydrogens is 158 g/mol. The molecule has 0 aromatic carbocycles. The number of rotatable bonds is 8. The summed E-state index contributed by atoms with van der Waals surface area (Å²) in [6.07, 6.45) is 11.1. The zero-order valence-electron chi connectivity index (χ0n) is 9.18. The molecule has 0 atom stereocenters. The lowest BCUT2D eigenvalue weighted by Crippen LogP contribution is -1.92. The van der Waals surface area contributed by atoms with Crippen molar-refractivity contribution < 1.29 is 0 Å². The summed E-state index contributed by atoms with van der Waals surface area (Å²) in [5, 5.41) is 0. The summed E-state index contributed by atoms with van der Waals surface area (Å²) < 4.78 is 0. The lowest BCUT2D eigenvalue weighted by atomic mass is 10.1. The van der Waals surface area contributed by atoms with Crippen molar-refractivity contribution in [2.24, 2.45) is 4.99 Å². The van der Waals surface area contributed by atoms with Gasteiger partial charge in [-0.1, -0.05) is 45.6 Å². The molecule has 0 rings (SSSR count). The van der Waals surface area contributed by atoms with Gasteiger partial charge in [0.1, 0.15) is 0 Å². The number of allylic oxidation sites excluding steroid dienone is 1. The first-order valence-corrected chi connectivity index (χ1v) is 5.43. The van der Waals surface area contributed by atoms with Gasteiger partial charge in [0, 0.05) is 12.8 Å². The van der Waals surface area contributed by atoms with Crippen molar-refractivity contribution in [3.05, 3.63) is 12.7 Å². The molecule has 0 saturated carbocycles. The fourth-order valence-electron chi connectivity index (χ4n) is 1.39. The third-order valence-corrected chi connectivity index (χ3v) is 2.31. The van der Waals surface area contributed by atoms with Gasteiger partial charge in [0.2, 0.25) is 0 Å². The van der Waals surface area contributed by atoms with Crippen LogP contribution < -0.4 is 0 Å². The van der Waals surface area contributed by atoms with Gasteiger partial charge in [-0.15, -0.1) is 0 Å². The van der Waals surface area contributed by atoms with E-state index in [1.54, 1.807) is 0 Å². The fraction of sp³-hybridized carbons (Fsp3) is 0.750. The predicted molar refractivity (Wildman–Crippen MR) is 61.5 cm³/mol. The molecule has 0 bridgehead atoms. The van der Waals surface area contributed by atoms with Crippen LogP contribution >= 0.6 is 0 Å². The van der Waals surface area contributed by atoms with Gasteiger partial charge in [-0.25, -0.2) is 0 Å². The van der Waals surface area contributed by atoms with E-state index in [0.717, 1.165) is 12.1 Å². The summed E-state index contributed by atoms with van der Waals surface area (Å²) in [5.74, 6) is 0. The second-order valence-electron chi connectivity index (χ2n) is 3.44. The van der Waals surface area contributed by atoms with Crippen molar-refractivity contribution >= 4 is 5.71 Å². The maximum atomic E-state index is 4.14. The summed E-state index contributed by atoms with van der Waals surface area (Å²) in [7, 11) is 1.84. The Labute approximate surface area is 83.0 Å². The number of hydrogen-bond donors (Lipinski definition) is 0. The molecule has 0 fully saturated rings. The van der Waals surface area contributed by atoms with Gasteiger partial charge in [0.05, 0.1) is 0 Å². The molecule has 0 aromatic rings. The highest BCUT2D eigenvalue weighted by atomic mass is 14.7. The first kappa shape index (κ1) is 12.4. The average molecular weight is 181 g/mol. The standard InChI is InChI=1S/C12H23N/c1-4-6-7-8-9-10-11-12(5-2)13-3/h5H,2,4,6-11H2,1,3H3. The predicted octanol–water partition coefficient (Wildman–Crippen LogP) is 3.99. The second kappa shape index (κ2) is 9.50. The topological polar surface area (TPSA) is 12.4 Å². The normalized spacial score (nSPS) is 11.7. The van der Waals surface area contributed by atoms with Gasteiger partial charge >= 0.3 is 0 Å². The Kier molecular flexibility index (Phi) is 9.07.